The largest absolute Gasteiger partial charge is 0.393 e. The molecule has 1 aliphatic carbocycles. The minimum absolute atomic E-state index is 0.223. The first kappa shape index (κ1) is 17.4. The van der Waals surface area contributed by atoms with Crippen molar-refractivity contribution >= 4 is 23.1 Å². The lowest BCUT2D eigenvalue weighted by molar-refractivity contribution is -0.136. The van der Waals surface area contributed by atoms with E-state index in [4.69, 9.17) is 18.0 Å². The molecule has 0 unspecified atom stereocenters. The molecule has 2 N–H and O–H groups in total. The summed E-state index contributed by atoms with van der Waals surface area (Å²) in [5.74, 6) is 1.04. The summed E-state index contributed by atoms with van der Waals surface area (Å²) in [6.07, 6.45) is 9.03. The predicted octanol–water partition coefficient (Wildman–Crippen LogP) is 3.51. The molecule has 1 saturated carbocycles. The summed E-state index contributed by atoms with van der Waals surface area (Å²) >= 11 is 4.95. The van der Waals surface area contributed by atoms with Crippen LogP contribution in [-0.2, 0) is 4.79 Å². The normalized spacial score (nSPS) is 17.6. The summed E-state index contributed by atoms with van der Waals surface area (Å²) < 4.78 is 0. The average Bonchev–Trinajstić information content (AvgIpc) is 2.32. The first-order valence-electron chi connectivity index (χ1n) is 8.07. The summed E-state index contributed by atoms with van der Waals surface area (Å²) in [4.78, 5) is 15.3. The van der Waals surface area contributed by atoms with Crippen LogP contribution in [0.1, 0.15) is 65.2 Å². The Morgan fingerprint density at radius 1 is 1.20 bits per heavy atom. The second-order valence-corrected chi connectivity index (χ2v) is 6.96. The first-order chi connectivity index (χ1) is 9.50. The zero-order chi connectivity index (χ0) is 15.0. The molecule has 0 heterocycles. The van der Waals surface area contributed by atoms with E-state index in [-0.39, 0.29) is 5.92 Å². The van der Waals surface area contributed by atoms with E-state index in [0.29, 0.717) is 29.8 Å². The van der Waals surface area contributed by atoms with Gasteiger partial charge in [0.15, 0.2) is 0 Å². The van der Waals surface area contributed by atoms with Crippen LogP contribution in [0, 0.1) is 11.8 Å². The van der Waals surface area contributed by atoms with E-state index in [1.165, 1.54) is 32.1 Å². The number of amides is 1. The molecule has 20 heavy (non-hydrogen) atoms. The minimum atomic E-state index is 0.223. The predicted molar refractivity (Wildman–Crippen MR) is 88.6 cm³/mol. The Labute approximate surface area is 129 Å². The molecule has 0 bridgehead atoms. The van der Waals surface area contributed by atoms with Crippen molar-refractivity contribution in [1.82, 2.24) is 4.90 Å². The summed E-state index contributed by atoms with van der Waals surface area (Å²) in [6, 6.07) is 0. The van der Waals surface area contributed by atoms with Gasteiger partial charge in [-0.05, 0) is 18.8 Å². The van der Waals surface area contributed by atoms with E-state index in [0.717, 1.165) is 19.4 Å². The lowest BCUT2D eigenvalue weighted by Crippen LogP contribution is -2.40. The molecule has 0 atom stereocenters. The van der Waals surface area contributed by atoms with Gasteiger partial charge in [0.1, 0.15) is 0 Å². The Hall–Kier alpha value is -0.640. The quantitative estimate of drug-likeness (QED) is 0.763. The standard InChI is InChI=1S/C16H30N2OS/c1-13(2)12-18(11-10-15(17)20)16(19)14-8-6-4-3-5-7-9-14/h13-14H,3-12H2,1-2H3,(H2,17,20). The summed E-state index contributed by atoms with van der Waals surface area (Å²) in [5, 5.41) is 0. The van der Waals surface area contributed by atoms with Crippen LogP contribution >= 0.6 is 12.2 Å². The maximum Gasteiger partial charge on any atom is 0.225 e. The van der Waals surface area contributed by atoms with Crippen LogP contribution in [0.15, 0.2) is 0 Å². The number of carbonyl (C=O) groups is 1. The van der Waals surface area contributed by atoms with Crippen LogP contribution in [0.2, 0.25) is 0 Å². The number of nitrogens with zero attached hydrogens (tertiary/aromatic N) is 1. The molecular weight excluding hydrogens is 268 g/mol. The van der Waals surface area contributed by atoms with Gasteiger partial charge in [0, 0.05) is 25.4 Å². The fraction of sp³-hybridized carbons (Fsp3) is 0.875. The van der Waals surface area contributed by atoms with Crippen LogP contribution in [0.4, 0.5) is 0 Å². The van der Waals surface area contributed by atoms with Crippen molar-refractivity contribution in [2.24, 2.45) is 17.6 Å². The third-order valence-corrected chi connectivity index (χ3v) is 4.18. The van der Waals surface area contributed by atoms with E-state index in [1.807, 2.05) is 4.90 Å². The molecule has 0 spiro atoms. The van der Waals surface area contributed by atoms with E-state index in [1.54, 1.807) is 0 Å². The zero-order valence-electron chi connectivity index (χ0n) is 13.1. The Morgan fingerprint density at radius 3 is 2.25 bits per heavy atom. The highest BCUT2D eigenvalue weighted by atomic mass is 32.1. The number of nitrogens with two attached hydrogens (primary N) is 1. The van der Waals surface area contributed by atoms with E-state index in [9.17, 15) is 4.79 Å². The van der Waals surface area contributed by atoms with Crippen LogP contribution in [0.3, 0.4) is 0 Å². The van der Waals surface area contributed by atoms with Crippen molar-refractivity contribution in [2.75, 3.05) is 13.1 Å². The number of hydrogen-bond acceptors (Lipinski definition) is 2. The highest BCUT2D eigenvalue weighted by Gasteiger charge is 2.24. The van der Waals surface area contributed by atoms with Gasteiger partial charge in [-0.1, -0.05) is 58.2 Å². The Morgan fingerprint density at radius 2 is 1.75 bits per heavy atom. The molecule has 0 radical (unpaired) electrons. The third-order valence-electron chi connectivity index (χ3n) is 3.98. The number of thiocarbonyl (C=S) groups is 1. The van der Waals surface area contributed by atoms with E-state index >= 15 is 0 Å². The Balaban J connectivity index is 2.60. The Bertz CT molecular complexity index is 310. The van der Waals surface area contributed by atoms with Crippen molar-refractivity contribution < 1.29 is 4.79 Å². The number of rotatable bonds is 6. The Kier molecular flexibility index (Phi) is 8.12. The van der Waals surface area contributed by atoms with Crippen molar-refractivity contribution in [3.63, 3.8) is 0 Å². The molecule has 4 heteroatoms. The SMILES string of the molecule is CC(C)CN(CCC(N)=S)C(=O)C1CCCCCCC1. The molecule has 0 aromatic heterocycles. The van der Waals surface area contributed by atoms with E-state index < -0.39 is 0 Å². The van der Waals surface area contributed by atoms with E-state index in [2.05, 4.69) is 13.8 Å². The maximum absolute atomic E-state index is 12.8. The highest BCUT2D eigenvalue weighted by molar-refractivity contribution is 7.80. The van der Waals surface area contributed by atoms with Crippen LogP contribution < -0.4 is 5.73 Å². The lowest BCUT2D eigenvalue weighted by Gasteiger charge is -2.29. The summed E-state index contributed by atoms with van der Waals surface area (Å²) in [7, 11) is 0. The second-order valence-electron chi connectivity index (χ2n) is 6.44. The van der Waals surface area contributed by atoms with Gasteiger partial charge in [-0.3, -0.25) is 4.79 Å². The topological polar surface area (TPSA) is 46.3 Å². The van der Waals surface area contributed by atoms with Crippen molar-refractivity contribution in [1.29, 1.82) is 0 Å². The molecule has 0 aromatic carbocycles. The molecule has 0 aliphatic heterocycles. The van der Waals surface area contributed by atoms with Crippen molar-refractivity contribution in [3.05, 3.63) is 0 Å². The number of hydrogen-bond donors (Lipinski definition) is 1. The molecular formula is C16H30N2OS. The van der Waals surface area contributed by atoms with Crippen molar-refractivity contribution in [3.8, 4) is 0 Å². The maximum atomic E-state index is 12.8. The molecule has 116 valence electrons. The molecule has 1 amide bonds. The fourth-order valence-corrected chi connectivity index (χ4v) is 3.03. The van der Waals surface area contributed by atoms with Crippen LogP contribution in [0.25, 0.3) is 0 Å². The second kappa shape index (κ2) is 9.32. The zero-order valence-corrected chi connectivity index (χ0v) is 13.9. The smallest absolute Gasteiger partial charge is 0.225 e. The average molecular weight is 298 g/mol. The molecule has 1 rings (SSSR count). The molecule has 1 fully saturated rings. The summed E-state index contributed by atoms with van der Waals surface area (Å²) in [6.45, 7) is 5.80. The van der Waals surface area contributed by atoms with Gasteiger partial charge in [-0.25, -0.2) is 0 Å². The molecule has 3 nitrogen and oxygen atoms in total. The monoisotopic (exact) mass is 298 g/mol. The van der Waals surface area contributed by atoms with Gasteiger partial charge in [0.05, 0.1) is 4.99 Å². The van der Waals surface area contributed by atoms with Crippen LogP contribution in [0.5, 0.6) is 0 Å². The highest BCUT2D eigenvalue weighted by Crippen LogP contribution is 2.24. The first-order valence-corrected chi connectivity index (χ1v) is 8.48. The van der Waals surface area contributed by atoms with Crippen LogP contribution in [-0.4, -0.2) is 28.9 Å². The molecule has 0 saturated heterocycles. The molecule has 1 aliphatic rings. The minimum Gasteiger partial charge on any atom is -0.393 e. The lowest BCUT2D eigenvalue weighted by atomic mass is 9.90. The third kappa shape index (κ3) is 6.69. The molecule has 0 aromatic rings. The fourth-order valence-electron chi connectivity index (χ4n) is 2.94. The van der Waals surface area contributed by atoms with Gasteiger partial charge in [0.2, 0.25) is 5.91 Å². The van der Waals surface area contributed by atoms with Gasteiger partial charge in [0.25, 0.3) is 0 Å². The number of carbonyl (C=O) groups excluding carboxylic acids is 1. The van der Waals surface area contributed by atoms with Crippen molar-refractivity contribution in [2.45, 2.75) is 65.2 Å². The van der Waals surface area contributed by atoms with Gasteiger partial charge >= 0.3 is 0 Å². The van der Waals surface area contributed by atoms with Gasteiger partial charge in [-0.15, -0.1) is 0 Å². The van der Waals surface area contributed by atoms with Gasteiger partial charge in [-0.2, -0.15) is 0 Å². The summed E-state index contributed by atoms with van der Waals surface area (Å²) in [5.41, 5.74) is 5.59. The van der Waals surface area contributed by atoms with Gasteiger partial charge < -0.3 is 10.6 Å².